The first kappa shape index (κ1) is 16.3. The highest BCUT2D eigenvalue weighted by atomic mass is 16.5. The number of fused-ring (bicyclic) bond motifs is 1. The van der Waals surface area contributed by atoms with Gasteiger partial charge in [-0.05, 0) is 37.1 Å². The second-order valence-corrected chi connectivity index (χ2v) is 7.11. The zero-order valence-corrected chi connectivity index (χ0v) is 14.9. The maximum Gasteiger partial charge on any atom is 0.166 e. The van der Waals surface area contributed by atoms with E-state index in [9.17, 15) is 4.79 Å². The molecule has 2 aromatic heterocycles. The van der Waals surface area contributed by atoms with Crippen molar-refractivity contribution in [2.45, 2.75) is 18.9 Å². The Morgan fingerprint density at radius 1 is 1.07 bits per heavy atom. The Bertz CT molecular complexity index is 988. The number of para-hydroxylation sites is 1. The number of morpholine rings is 1. The maximum absolute atomic E-state index is 12.5. The van der Waals surface area contributed by atoms with E-state index in [-0.39, 0.29) is 17.8 Å². The molecule has 1 aliphatic heterocycles. The smallest absolute Gasteiger partial charge is 0.166 e. The van der Waals surface area contributed by atoms with E-state index in [2.05, 4.69) is 9.88 Å². The zero-order chi connectivity index (χ0) is 18.2. The number of ether oxygens (including phenoxy) is 1. The first-order valence-electron chi connectivity index (χ1n) is 9.37. The molecule has 27 heavy (non-hydrogen) atoms. The monoisotopic (exact) mass is 360 g/mol. The Labute approximate surface area is 157 Å². The first-order chi connectivity index (χ1) is 13.3. The van der Waals surface area contributed by atoms with Crippen molar-refractivity contribution in [3.05, 3.63) is 48.8 Å². The van der Waals surface area contributed by atoms with Gasteiger partial charge < -0.3 is 9.64 Å². The normalized spacial score (nSPS) is 20.0. The third-order valence-electron chi connectivity index (χ3n) is 5.18. The van der Waals surface area contributed by atoms with E-state index in [1.54, 1.807) is 12.4 Å². The second kappa shape index (κ2) is 6.70. The summed E-state index contributed by atoms with van der Waals surface area (Å²) in [6.45, 7) is 1.80. The SMILES string of the molecule is O=C(C1CC1)[C@H]1CN(c2nc(-c3ccncc3)nc3ccccc23)CCO1. The van der Waals surface area contributed by atoms with Crippen molar-refractivity contribution < 1.29 is 9.53 Å². The van der Waals surface area contributed by atoms with E-state index in [1.807, 2.05) is 36.4 Å². The number of carbonyl (C=O) groups excluding carboxylic acids is 1. The summed E-state index contributed by atoms with van der Waals surface area (Å²) in [6.07, 6.45) is 5.13. The van der Waals surface area contributed by atoms with Crippen LogP contribution in [-0.4, -0.2) is 46.5 Å². The molecule has 5 rings (SSSR count). The second-order valence-electron chi connectivity index (χ2n) is 7.11. The third-order valence-corrected chi connectivity index (χ3v) is 5.18. The zero-order valence-electron chi connectivity index (χ0n) is 14.9. The lowest BCUT2D eigenvalue weighted by Gasteiger charge is -2.33. The molecule has 136 valence electrons. The summed E-state index contributed by atoms with van der Waals surface area (Å²) in [5, 5.41) is 0.995. The van der Waals surface area contributed by atoms with E-state index in [0.29, 0.717) is 25.5 Å². The van der Waals surface area contributed by atoms with Crippen molar-refractivity contribution in [1.82, 2.24) is 15.0 Å². The van der Waals surface area contributed by atoms with Crippen LogP contribution in [0.15, 0.2) is 48.8 Å². The highest BCUT2D eigenvalue weighted by Gasteiger charge is 2.38. The van der Waals surface area contributed by atoms with Gasteiger partial charge in [0.2, 0.25) is 0 Å². The largest absolute Gasteiger partial charge is 0.367 e. The Balaban J connectivity index is 1.56. The van der Waals surface area contributed by atoms with Crippen molar-refractivity contribution in [3.8, 4) is 11.4 Å². The van der Waals surface area contributed by atoms with E-state index in [1.165, 1.54) is 0 Å². The lowest BCUT2D eigenvalue weighted by molar-refractivity contribution is -0.132. The number of carbonyl (C=O) groups is 1. The molecule has 1 saturated carbocycles. The molecule has 1 atom stereocenters. The summed E-state index contributed by atoms with van der Waals surface area (Å²) in [6, 6.07) is 11.8. The molecule has 2 aliphatic rings. The minimum Gasteiger partial charge on any atom is -0.367 e. The van der Waals surface area contributed by atoms with Crippen LogP contribution in [-0.2, 0) is 9.53 Å². The molecule has 3 aromatic rings. The van der Waals surface area contributed by atoms with Gasteiger partial charge in [-0.3, -0.25) is 9.78 Å². The molecule has 0 amide bonds. The average molecular weight is 360 g/mol. The van der Waals surface area contributed by atoms with Gasteiger partial charge in [-0.2, -0.15) is 0 Å². The summed E-state index contributed by atoms with van der Waals surface area (Å²) in [5.41, 5.74) is 1.82. The molecule has 6 nitrogen and oxygen atoms in total. The quantitative estimate of drug-likeness (QED) is 0.713. The van der Waals surface area contributed by atoms with Crippen LogP contribution in [0.2, 0.25) is 0 Å². The molecule has 0 unspecified atom stereocenters. The highest BCUT2D eigenvalue weighted by molar-refractivity contribution is 5.92. The molecule has 1 aromatic carbocycles. The van der Waals surface area contributed by atoms with Gasteiger partial charge >= 0.3 is 0 Å². The van der Waals surface area contributed by atoms with Gasteiger partial charge in [0.1, 0.15) is 11.9 Å². The highest BCUT2D eigenvalue weighted by Crippen LogP contribution is 2.33. The number of ketones is 1. The van der Waals surface area contributed by atoms with Gasteiger partial charge in [-0.1, -0.05) is 12.1 Å². The summed E-state index contributed by atoms with van der Waals surface area (Å²) < 4.78 is 5.78. The fourth-order valence-electron chi connectivity index (χ4n) is 3.58. The van der Waals surface area contributed by atoms with E-state index in [0.717, 1.165) is 35.1 Å². The minimum absolute atomic E-state index is 0.199. The molecular formula is C21H20N4O2. The standard InChI is InChI=1S/C21H20N4O2/c26-19(14-5-6-14)18-13-25(11-12-27-18)21-16-3-1-2-4-17(16)23-20(24-21)15-7-9-22-10-8-15/h1-4,7-10,14,18H,5-6,11-13H2/t18-/m1/s1. The minimum atomic E-state index is -0.357. The van der Waals surface area contributed by atoms with Crippen LogP contribution >= 0.6 is 0 Å². The Morgan fingerprint density at radius 2 is 1.89 bits per heavy atom. The Hall–Kier alpha value is -2.86. The number of Topliss-reactive ketones (excluding diaryl/α,β-unsaturated/α-hetero) is 1. The molecule has 0 bridgehead atoms. The van der Waals surface area contributed by atoms with Crippen LogP contribution in [0.3, 0.4) is 0 Å². The van der Waals surface area contributed by atoms with Crippen LogP contribution in [0.25, 0.3) is 22.3 Å². The molecule has 1 saturated heterocycles. The number of rotatable bonds is 4. The van der Waals surface area contributed by atoms with Crippen LogP contribution in [0.5, 0.6) is 0 Å². The number of aromatic nitrogens is 3. The van der Waals surface area contributed by atoms with Gasteiger partial charge in [-0.25, -0.2) is 9.97 Å². The fraction of sp³-hybridized carbons (Fsp3) is 0.333. The number of hydrogen-bond donors (Lipinski definition) is 0. The molecular weight excluding hydrogens is 340 g/mol. The average Bonchev–Trinajstić information content (AvgIpc) is 3.58. The summed E-state index contributed by atoms with van der Waals surface area (Å²) in [4.78, 5) is 28.3. The summed E-state index contributed by atoms with van der Waals surface area (Å²) >= 11 is 0. The van der Waals surface area contributed by atoms with Gasteiger partial charge in [0, 0.05) is 35.8 Å². The third kappa shape index (κ3) is 3.17. The Morgan fingerprint density at radius 3 is 2.70 bits per heavy atom. The lowest BCUT2D eigenvalue weighted by Crippen LogP contribution is -2.47. The van der Waals surface area contributed by atoms with Crippen LogP contribution in [0, 0.1) is 5.92 Å². The van der Waals surface area contributed by atoms with Crippen LogP contribution < -0.4 is 4.90 Å². The van der Waals surface area contributed by atoms with Crippen molar-refractivity contribution >= 4 is 22.5 Å². The van der Waals surface area contributed by atoms with Crippen LogP contribution in [0.4, 0.5) is 5.82 Å². The van der Waals surface area contributed by atoms with Crippen molar-refractivity contribution in [1.29, 1.82) is 0 Å². The molecule has 3 heterocycles. The van der Waals surface area contributed by atoms with Crippen molar-refractivity contribution in [2.75, 3.05) is 24.6 Å². The molecule has 0 radical (unpaired) electrons. The van der Waals surface area contributed by atoms with Crippen LogP contribution in [0.1, 0.15) is 12.8 Å². The van der Waals surface area contributed by atoms with E-state index < -0.39 is 0 Å². The van der Waals surface area contributed by atoms with Crippen molar-refractivity contribution in [2.24, 2.45) is 5.92 Å². The lowest BCUT2D eigenvalue weighted by atomic mass is 10.1. The number of nitrogens with zero attached hydrogens (tertiary/aromatic N) is 4. The number of hydrogen-bond acceptors (Lipinski definition) is 6. The molecule has 0 N–H and O–H groups in total. The molecule has 0 spiro atoms. The van der Waals surface area contributed by atoms with E-state index >= 15 is 0 Å². The number of benzene rings is 1. The fourth-order valence-corrected chi connectivity index (χ4v) is 3.58. The van der Waals surface area contributed by atoms with E-state index in [4.69, 9.17) is 14.7 Å². The predicted molar refractivity (Wildman–Crippen MR) is 102 cm³/mol. The summed E-state index contributed by atoms with van der Waals surface area (Å²) in [5.74, 6) is 1.98. The number of pyridine rings is 1. The topological polar surface area (TPSA) is 68.2 Å². The van der Waals surface area contributed by atoms with Gasteiger partial charge in [0.05, 0.1) is 18.7 Å². The predicted octanol–water partition coefficient (Wildman–Crippen LogP) is 2.88. The van der Waals surface area contributed by atoms with Gasteiger partial charge in [0.25, 0.3) is 0 Å². The molecule has 1 aliphatic carbocycles. The summed E-state index contributed by atoms with van der Waals surface area (Å²) in [7, 11) is 0. The Kier molecular flexibility index (Phi) is 4.05. The molecule has 6 heteroatoms. The van der Waals surface area contributed by atoms with Crippen molar-refractivity contribution in [3.63, 3.8) is 0 Å². The number of anilines is 1. The maximum atomic E-state index is 12.5. The van der Waals surface area contributed by atoms with Gasteiger partial charge in [-0.15, -0.1) is 0 Å². The first-order valence-corrected chi connectivity index (χ1v) is 9.37. The molecule has 2 fully saturated rings. The van der Waals surface area contributed by atoms with Gasteiger partial charge in [0.15, 0.2) is 11.6 Å².